The first-order chi connectivity index (χ1) is 5.59. The summed E-state index contributed by atoms with van der Waals surface area (Å²) in [6, 6.07) is 0. The Morgan fingerprint density at radius 3 is 2.17 bits per heavy atom. The second-order valence-electron chi connectivity index (χ2n) is 2.04. The van der Waals surface area contributed by atoms with Crippen LogP contribution in [0, 0.1) is 0 Å². The van der Waals surface area contributed by atoms with Gasteiger partial charge in [-0.1, -0.05) is 13.2 Å². The Morgan fingerprint density at radius 1 is 1.67 bits per heavy atom. The average Bonchev–Trinajstić information content (AvgIpc) is 2.05. The van der Waals surface area contributed by atoms with Crippen LogP contribution >= 0.6 is 0 Å². The zero-order valence-electron chi connectivity index (χ0n) is 8.02. The first kappa shape index (κ1) is 13.3. The molecule has 3 nitrogen and oxygen atoms in total. The number of carbonyl (C=O) groups excluding carboxylic acids is 1. The Kier molecular flexibility index (Phi) is 10.8. The largest absolute Gasteiger partial charge is 0.505 e. The minimum Gasteiger partial charge on any atom is -0.505 e. The summed E-state index contributed by atoms with van der Waals surface area (Å²) >= 11 is 0. The van der Waals surface area contributed by atoms with E-state index in [-0.39, 0.29) is 5.91 Å². The second-order valence-corrected chi connectivity index (χ2v) is 2.04. The lowest BCUT2D eigenvalue weighted by atomic mass is 10.3. The summed E-state index contributed by atoms with van der Waals surface area (Å²) in [6.45, 7) is 11.0. The van der Waals surface area contributed by atoms with Gasteiger partial charge >= 0.3 is 0 Å². The van der Waals surface area contributed by atoms with Gasteiger partial charge in [0.25, 0.3) is 0 Å². The van der Waals surface area contributed by atoms with E-state index < -0.39 is 0 Å². The average molecular weight is 171 g/mol. The van der Waals surface area contributed by atoms with E-state index in [4.69, 9.17) is 0 Å². The maximum atomic E-state index is 10.5. The molecule has 3 heteroatoms. The normalized spacial score (nSPS) is 7.25. The number of nitrogens with one attached hydrogen (secondary N) is 1. The van der Waals surface area contributed by atoms with Gasteiger partial charge in [0, 0.05) is 12.1 Å². The maximum absolute atomic E-state index is 10.5. The molecule has 0 aromatic rings. The van der Waals surface area contributed by atoms with E-state index in [1.807, 2.05) is 6.92 Å². The Labute approximate surface area is 74.1 Å². The van der Waals surface area contributed by atoms with Crippen LogP contribution in [0.5, 0.6) is 0 Å². The summed E-state index contributed by atoms with van der Waals surface area (Å²) in [4.78, 5) is 10.5. The summed E-state index contributed by atoms with van der Waals surface area (Å²) in [5.41, 5.74) is 0.562. The Balaban J connectivity index is 0. The quantitative estimate of drug-likeness (QED) is 0.516. The van der Waals surface area contributed by atoms with Gasteiger partial charge in [-0.15, -0.1) is 0 Å². The van der Waals surface area contributed by atoms with Crippen LogP contribution in [0.4, 0.5) is 0 Å². The van der Waals surface area contributed by atoms with E-state index in [9.17, 15) is 4.79 Å². The SMILES string of the molecule is C=C(C)C(=O)NCC.C=COC. The first-order valence-electron chi connectivity index (χ1n) is 3.67. The van der Waals surface area contributed by atoms with E-state index in [1.165, 1.54) is 6.26 Å². The van der Waals surface area contributed by atoms with Crippen LogP contribution in [0.2, 0.25) is 0 Å². The van der Waals surface area contributed by atoms with Crippen molar-refractivity contribution in [2.45, 2.75) is 13.8 Å². The standard InChI is InChI=1S/C6H11NO.C3H6O/c1-4-7-6(8)5(2)3;1-3-4-2/h2,4H2,1,3H3,(H,7,8);3H,1H2,2H3. The Bertz CT molecular complexity index is 153. The lowest BCUT2D eigenvalue weighted by Gasteiger charge is -1.97. The molecule has 1 N–H and O–H groups in total. The molecule has 0 saturated heterocycles. The van der Waals surface area contributed by atoms with Gasteiger partial charge in [-0.05, 0) is 13.8 Å². The van der Waals surface area contributed by atoms with E-state index in [1.54, 1.807) is 14.0 Å². The molecule has 0 fully saturated rings. The van der Waals surface area contributed by atoms with Gasteiger partial charge in [-0.3, -0.25) is 4.79 Å². The van der Waals surface area contributed by atoms with E-state index in [2.05, 4.69) is 23.2 Å². The van der Waals surface area contributed by atoms with Crippen LogP contribution in [0.15, 0.2) is 25.0 Å². The van der Waals surface area contributed by atoms with Gasteiger partial charge in [0.05, 0.1) is 13.4 Å². The molecule has 70 valence electrons. The molecule has 0 aromatic heterocycles. The number of carbonyl (C=O) groups is 1. The van der Waals surface area contributed by atoms with Gasteiger partial charge in [0.15, 0.2) is 0 Å². The predicted molar refractivity (Wildman–Crippen MR) is 50.7 cm³/mol. The summed E-state index contributed by atoms with van der Waals surface area (Å²) < 4.78 is 4.31. The highest BCUT2D eigenvalue weighted by atomic mass is 16.5. The van der Waals surface area contributed by atoms with Crippen molar-refractivity contribution in [3.05, 3.63) is 25.0 Å². The van der Waals surface area contributed by atoms with Crippen molar-refractivity contribution < 1.29 is 9.53 Å². The number of rotatable bonds is 3. The summed E-state index contributed by atoms with van der Waals surface area (Å²) in [6.07, 6.45) is 1.38. The molecule has 0 bridgehead atoms. The minimum atomic E-state index is -0.0625. The van der Waals surface area contributed by atoms with Gasteiger partial charge in [0.1, 0.15) is 0 Å². The van der Waals surface area contributed by atoms with Gasteiger partial charge < -0.3 is 10.1 Å². The predicted octanol–water partition coefficient (Wildman–Crippen LogP) is 1.47. The Hall–Kier alpha value is -1.25. The van der Waals surface area contributed by atoms with Crippen molar-refractivity contribution in [2.24, 2.45) is 0 Å². The first-order valence-corrected chi connectivity index (χ1v) is 3.67. The summed E-state index contributed by atoms with van der Waals surface area (Å²) in [7, 11) is 1.56. The third-order valence-corrected chi connectivity index (χ3v) is 0.892. The molecular formula is C9H17NO2. The van der Waals surface area contributed by atoms with Crippen molar-refractivity contribution >= 4 is 5.91 Å². The van der Waals surface area contributed by atoms with Crippen LogP contribution in [0.25, 0.3) is 0 Å². The van der Waals surface area contributed by atoms with Gasteiger partial charge in [-0.2, -0.15) is 0 Å². The number of amides is 1. The molecule has 0 spiro atoms. The number of hydrogen-bond acceptors (Lipinski definition) is 2. The lowest BCUT2D eigenvalue weighted by Crippen LogP contribution is -2.22. The number of ether oxygens (including phenoxy) is 1. The topological polar surface area (TPSA) is 38.3 Å². The molecule has 0 aliphatic heterocycles. The zero-order chi connectivity index (χ0) is 9.98. The fourth-order valence-electron chi connectivity index (χ4n) is 0.311. The minimum absolute atomic E-state index is 0.0625. The lowest BCUT2D eigenvalue weighted by molar-refractivity contribution is -0.117. The van der Waals surface area contributed by atoms with Crippen LogP contribution in [-0.4, -0.2) is 19.6 Å². The van der Waals surface area contributed by atoms with Crippen molar-refractivity contribution in [1.82, 2.24) is 5.32 Å². The highest BCUT2D eigenvalue weighted by Gasteiger charge is 1.95. The summed E-state index contributed by atoms with van der Waals surface area (Å²) in [5.74, 6) is -0.0625. The summed E-state index contributed by atoms with van der Waals surface area (Å²) in [5, 5.41) is 2.61. The zero-order valence-corrected chi connectivity index (χ0v) is 8.02. The Morgan fingerprint density at radius 2 is 2.08 bits per heavy atom. The highest BCUT2D eigenvalue weighted by Crippen LogP contribution is 1.82. The van der Waals surface area contributed by atoms with E-state index >= 15 is 0 Å². The van der Waals surface area contributed by atoms with Crippen molar-refractivity contribution in [3.63, 3.8) is 0 Å². The monoisotopic (exact) mass is 171 g/mol. The number of methoxy groups -OCH3 is 1. The second kappa shape index (κ2) is 9.75. The van der Waals surface area contributed by atoms with Gasteiger partial charge in [-0.25, -0.2) is 0 Å². The fourth-order valence-corrected chi connectivity index (χ4v) is 0.311. The maximum Gasteiger partial charge on any atom is 0.246 e. The van der Waals surface area contributed by atoms with Crippen molar-refractivity contribution in [1.29, 1.82) is 0 Å². The number of likely N-dealkylation sites (N-methyl/N-ethyl adjacent to an activating group) is 1. The highest BCUT2D eigenvalue weighted by molar-refractivity contribution is 5.91. The smallest absolute Gasteiger partial charge is 0.246 e. The van der Waals surface area contributed by atoms with Crippen LogP contribution in [0.3, 0.4) is 0 Å². The molecule has 0 radical (unpaired) electrons. The molecule has 1 amide bonds. The molecule has 0 rings (SSSR count). The molecule has 0 aliphatic rings. The van der Waals surface area contributed by atoms with E-state index in [0.29, 0.717) is 12.1 Å². The number of hydrogen-bond donors (Lipinski definition) is 1. The molecule has 0 aliphatic carbocycles. The third kappa shape index (κ3) is 11.5. The van der Waals surface area contributed by atoms with Crippen molar-refractivity contribution in [3.8, 4) is 0 Å². The molecule has 0 aromatic carbocycles. The molecule has 12 heavy (non-hydrogen) atoms. The van der Waals surface area contributed by atoms with Crippen LogP contribution < -0.4 is 5.32 Å². The van der Waals surface area contributed by atoms with Crippen LogP contribution in [0.1, 0.15) is 13.8 Å². The molecule has 0 atom stereocenters. The molecule has 0 saturated carbocycles. The molecule has 0 heterocycles. The molecule has 0 unspecified atom stereocenters. The van der Waals surface area contributed by atoms with Crippen molar-refractivity contribution in [2.75, 3.05) is 13.7 Å². The van der Waals surface area contributed by atoms with E-state index in [0.717, 1.165) is 0 Å². The van der Waals surface area contributed by atoms with Crippen LogP contribution in [-0.2, 0) is 9.53 Å². The van der Waals surface area contributed by atoms with Gasteiger partial charge in [0.2, 0.25) is 5.91 Å². The third-order valence-electron chi connectivity index (χ3n) is 0.892. The molecular weight excluding hydrogens is 154 g/mol. The fraction of sp³-hybridized carbons (Fsp3) is 0.444.